The fourth-order valence-electron chi connectivity index (χ4n) is 1.09. The molecule has 0 aromatic carbocycles. The van der Waals surface area contributed by atoms with Gasteiger partial charge in [-0.2, -0.15) is 13.2 Å². The highest BCUT2D eigenvalue weighted by molar-refractivity contribution is 6.80. The predicted octanol–water partition coefficient (Wildman–Crippen LogP) is 4.21. The van der Waals surface area contributed by atoms with Crippen molar-refractivity contribution in [2.24, 2.45) is 0 Å². The van der Waals surface area contributed by atoms with Crippen LogP contribution in [0.1, 0.15) is 0 Å². The molecule has 4 heteroatoms. The van der Waals surface area contributed by atoms with Gasteiger partial charge in [0.2, 0.25) is 0 Å². The summed E-state index contributed by atoms with van der Waals surface area (Å²) in [5, 5.41) is 0. The SMILES string of the molecule is C[Si](C)(C)C=C=C1[CH]C(C(F)(F)F)=CC=C1. The van der Waals surface area contributed by atoms with Crippen LogP contribution in [-0.4, -0.2) is 14.3 Å². The number of hydrogen-bond donors (Lipinski definition) is 0. The molecule has 0 aromatic heterocycles. The summed E-state index contributed by atoms with van der Waals surface area (Å²) < 4.78 is 37.2. The molecule has 0 saturated carbocycles. The second kappa shape index (κ2) is 4.48. The van der Waals surface area contributed by atoms with E-state index in [-0.39, 0.29) is 0 Å². The van der Waals surface area contributed by atoms with E-state index in [1.54, 1.807) is 6.08 Å². The van der Waals surface area contributed by atoms with Crippen LogP contribution in [0.25, 0.3) is 0 Å². The van der Waals surface area contributed by atoms with Crippen molar-refractivity contribution >= 4 is 8.07 Å². The van der Waals surface area contributed by atoms with Gasteiger partial charge in [0.1, 0.15) is 0 Å². The van der Waals surface area contributed by atoms with Gasteiger partial charge in [-0.25, -0.2) is 0 Å². The molecule has 87 valence electrons. The molecule has 1 aliphatic rings. The molecule has 1 aliphatic carbocycles. The number of rotatable bonds is 1. The first-order chi connectivity index (χ1) is 7.18. The zero-order valence-electron chi connectivity index (χ0n) is 9.52. The van der Waals surface area contributed by atoms with Gasteiger partial charge < -0.3 is 0 Å². The van der Waals surface area contributed by atoms with Gasteiger partial charge in [-0.15, -0.1) is 5.73 Å². The number of allylic oxidation sites excluding steroid dienone is 5. The molecule has 0 atom stereocenters. The van der Waals surface area contributed by atoms with Crippen molar-refractivity contribution in [2.45, 2.75) is 25.8 Å². The standard InChI is InChI=1S/C12H14F3Si/c1-16(2,3)8-7-10-5-4-6-11(9-10)12(13,14)15/h4-6,8-9H,1-3H3. The average Bonchev–Trinajstić information content (AvgIpc) is 2.13. The van der Waals surface area contributed by atoms with Gasteiger partial charge in [-0.1, -0.05) is 43.6 Å². The van der Waals surface area contributed by atoms with Gasteiger partial charge in [0.05, 0.1) is 8.07 Å². The Kier molecular flexibility index (Phi) is 3.66. The third kappa shape index (κ3) is 4.25. The summed E-state index contributed by atoms with van der Waals surface area (Å²) >= 11 is 0. The normalized spacial score (nSPS) is 16.9. The second-order valence-electron chi connectivity index (χ2n) is 4.73. The summed E-state index contributed by atoms with van der Waals surface area (Å²) in [7, 11) is -1.42. The van der Waals surface area contributed by atoms with Crippen molar-refractivity contribution in [3.63, 3.8) is 0 Å². The number of alkyl halides is 3. The van der Waals surface area contributed by atoms with Crippen LogP contribution in [0.15, 0.2) is 40.8 Å². The minimum atomic E-state index is -4.28. The highest BCUT2D eigenvalue weighted by Crippen LogP contribution is 2.31. The monoisotopic (exact) mass is 243 g/mol. The Morgan fingerprint density at radius 2 is 1.88 bits per heavy atom. The van der Waals surface area contributed by atoms with E-state index in [0.717, 1.165) is 12.5 Å². The van der Waals surface area contributed by atoms with Crippen LogP contribution in [0.4, 0.5) is 13.2 Å². The minimum absolute atomic E-state index is 0.484. The highest BCUT2D eigenvalue weighted by atomic mass is 28.3. The molecule has 0 amide bonds. The van der Waals surface area contributed by atoms with Crippen LogP contribution in [0.2, 0.25) is 19.6 Å². The maximum atomic E-state index is 12.4. The quantitative estimate of drug-likeness (QED) is 0.478. The zero-order valence-corrected chi connectivity index (χ0v) is 10.5. The maximum Gasteiger partial charge on any atom is 0.413 e. The second-order valence-corrected chi connectivity index (χ2v) is 9.75. The fourth-order valence-corrected chi connectivity index (χ4v) is 1.68. The van der Waals surface area contributed by atoms with Crippen molar-refractivity contribution in [3.8, 4) is 0 Å². The number of hydrogen-bond acceptors (Lipinski definition) is 0. The van der Waals surface area contributed by atoms with E-state index in [1.165, 1.54) is 6.08 Å². The molecular formula is C12H14F3Si. The van der Waals surface area contributed by atoms with Gasteiger partial charge in [-0.3, -0.25) is 0 Å². The van der Waals surface area contributed by atoms with Crippen LogP contribution >= 0.6 is 0 Å². The zero-order chi connectivity index (χ0) is 12.4. The topological polar surface area (TPSA) is 0 Å². The average molecular weight is 243 g/mol. The van der Waals surface area contributed by atoms with Gasteiger partial charge >= 0.3 is 6.18 Å². The van der Waals surface area contributed by atoms with E-state index in [4.69, 9.17) is 0 Å². The lowest BCUT2D eigenvalue weighted by molar-refractivity contribution is -0.0895. The Morgan fingerprint density at radius 1 is 1.25 bits per heavy atom. The van der Waals surface area contributed by atoms with Crippen LogP contribution in [0.5, 0.6) is 0 Å². The van der Waals surface area contributed by atoms with E-state index in [1.807, 2.05) is 5.70 Å². The van der Waals surface area contributed by atoms with Crippen molar-refractivity contribution in [1.82, 2.24) is 0 Å². The van der Waals surface area contributed by atoms with Gasteiger partial charge in [0.15, 0.2) is 0 Å². The van der Waals surface area contributed by atoms with Crippen LogP contribution in [-0.2, 0) is 0 Å². The molecule has 0 spiro atoms. The molecule has 0 nitrogen and oxygen atoms in total. The Labute approximate surface area is 94.9 Å². The Balaban J connectivity index is 2.90. The molecule has 0 bridgehead atoms. The Morgan fingerprint density at radius 3 is 2.38 bits per heavy atom. The van der Waals surface area contributed by atoms with Crippen molar-refractivity contribution in [2.75, 3.05) is 0 Å². The lowest BCUT2D eigenvalue weighted by atomic mass is 10.0. The first kappa shape index (κ1) is 13.1. The smallest absolute Gasteiger partial charge is 0.166 e. The summed E-state index contributed by atoms with van der Waals surface area (Å²) in [5.41, 5.74) is 4.70. The van der Waals surface area contributed by atoms with Crippen LogP contribution < -0.4 is 0 Å². The maximum absolute atomic E-state index is 12.4. The molecule has 0 heterocycles. The Hall–Kier alpha value is -0.993. The summed E-state index contributed by atoms with van der Waals surface area (Å²) in [6.07, 6.45) is 0.947. The highest BCUT2D eigenvalue weighted by Gasteiger charge is 2.34. The van der Waals surface area contributed by atoms with E-state index < -0.39 is 19.8 Å². The van der Waals surface area contributed by atoms with Crippen molar-refractivity contribution in [3.05, 3.63) is 47.2 Å². The summed E-state index contributed by atoms with van der Waals surface area (Å²) in [6.45, 7) is 6.31. The van der Waals surface area contributed by atoms with E-state index in [9.17, 15) is 13.2 Å². The van der Waals surface area contributed by atoms with Gasteiger partial charge in [0.25, 0.3) is 0 Å². The predicted molar refractivity (Wildman–Crippen MR) is 62.5 cm³/mol. The summed E-state index contributed by atoms with van der Waals surface area (Å²) in [4.78, 5) is 0. The fraction of sp³-hybridized carbons (Fsp3) is 0.333. The van der Waals surface area contributed by atoms with E-state index in [0.29, 0.717) is 5.57 Å². The van der Waals surface area contributed by atoms with E-state index >= 15 is 0 Å². The minimum Gasteiger partial charge on any atom is -0.166 e. The molecule has 1 rings (SSSR count). The third-order valence-corrected chi connectivity index (χ3v) is 2.87. The lowest BCUT2D eigenvalue weighted by Gasteiger charge is -2.13. The molecule has 0 unspecified atom stereocenters. The van der Waals surface area contributed by atoms with Crippen molar-refractivity contribution in [1.29, 1.82) is 0 Å². The molecule has 0 N–H and O–H groups in total. The molecule has 16 heavy (non-hydrogen) atoms. The largest absolute Gasteiger partial charge is 0.413 e. The molecule has 0 aliphatic heterocycles. The van der Waals surface area contributed by atoms with Gasteiger partial charge in [-0.05, 0) is 0 Å². The number of halogens is 3. The molecule has 0 fully saturated rings. The molecular weight excluding hydrogens is 229 g/mol. The van der Waals surface area contributed by atoms with Crippen molar-refractivity contribution < 1.29 is 13.2 Å². The van der Waals surface area contributed by atoms with Gasteiger partial charge in [0, 0.05) is 17.6 Å². The molecule has 0 aromatic rings. The van der Waals surface area contributed by atoms with E-state index in [2.05, 4.69) is 25.4 Å². The molecule has 1 radical (unpaired) electrons. The first-order valence-corrected chi connectivity index (χ1v) is 8.54. The van der Waals surface area contributed by atoms with Crippen LogP contribution in [0, 0.1) is 6.42 Å². The van der Waals surface area contributed by atoms with Crippen LogP contribution in [0.3, 0.4) is 0 Å². The summed E-state index contributed by atoms with van der Waals surface area (Å²) in [6, 6.07) is 0. The summed E-state index contributed by atoms with van der Waals surface area (Å²) in [5.74, 6) is 0. The first-order valence-electron chi connectivity index (χ1n) is 4.97. The lowest BCUT2D eigenvalue weighted by Crippen LogP contribution is -2.15. The Bertz CT molecular complexity index is 385. The molecule has 0 saturated heterocycles. The third-order valence-electron chi connectivity index (χ3n) is 1.86.